The summed E-state index contributed by atoms with van der Waals surface area (Å²) in [4.78, 5) is 19.9. The Morgan fingerprint density at radius 2 is 1.62 bits per heavy atom. The standard InChI is InChI=1S/C20H15FN2O/c1-14-18(8-5-13-24)19(15-9-11-17(21)12-10-15)23-20(22-14)16-6-3-2-4-7-16/h2-13H,1H3/b8-5+. The molecule has 3 nitrogen and oxygen atoms in total. The molecular weight excluding hydrogens is 303 g/mol. The van der Waals surface area contributed by atoms with E-state index in [1.807, 2.05) is 37.3 Å². The second kappa shape index (κ2) is 6.96. The molecule has 0 aliphatic heterocycles. The summed E-state index contributed by atoms with van der Waals surface area (Å²) < 4.78 is 13.2. The summed E-state index contributed by atoms with van der Waals surface area (Å²) >= 11 is 0. The number of carbonyl (C=O) groups excluding carboxylic acids is 1. The van der Waals surface area contributed by atoms with Crippen molar-refractivity contribution in [2.45, 2.75) is 6.92 Å². The topological polar surface area (TPSA) is 42.9 Å². The first-order valence-electron chi connectivity index (χ1n) is 7.51. The number of rotatable bonds is 4. The molecule has 1 heterocycles. The molecule has 0 radical (unpaired) electrons. The van der Waals surface area contributed by atoms with Crippen molar-refractivity contribution in [2.24, 2.45) is 0 Å². The van der Waals surface area contributed by atoms with Crippen molar-refractivity contribution in [1.29, 1.82) is 0 Å². The van der Waals surface area contributed by atoms with Gasteiger partial charge in [-0.15, -0.1) is 0 Å². The van der Waals surface area contributed by atoms with Crippen LogP contribution < -0.4 is 0 Å². The van der Waals surface area contributed by atoms with Crippen LogP contribution in [-0.4, -0.2) is 16.3 Å². The van der Waals surface area contributed by atoms with Gasteiger partial charge in [0.25, 0.3) is 0 Å². The minimum absolute atomic E-state index is 0.308. The predicted octanol–water partition coefficient (Wildman–Crippen LogP) is 4.47. The van der Waals surface area contributed by atoms with Crippen molar-refractivity contribution in [2.75, 3.05) is 0 Å². The van der Waals surface area contributed by atoms with Crippen molar-refractivity contribution < 1.29 is 9.18 Å². The lowest BCUT2D eigenvalue weighted by Gasteiger charge is -2.11. The molecule has 3 rings (SSSR count). The third-order valence-corrected chi connectivity index (χ3v) is 3.63. The molecule has 0 fully saturated rings. The molecule has 0 atom stereocenters. The molecule has 0 saturated heterocycles. The third kappa shape index (κ3) is 3.27. The molecule has 3 aromatic rings. The zero-order chi connectivity index (χ0) is 16.9. The first-order valence-corrected chi connectivity index (χ1v) is 7.51. The average Bonchev–Trinajstić information content (AvgIpc) is 2.61. The van der Waals surface area contributed by atoms with E-state index in [0.29, 0.717) is 17.8 Å². The van der Waals surface area contributed by atoms with E-state index >= 15 is 0 Å². The van der Waals surface area contributed by atoms with Crippen LogP contribution in [0.2, 0.25) is 0 Å². The fourth-order valence-corrected chi connectivity index (χ4v) is 2.46. The Morgan fingerprint density at radius 1 is 0.917 bits per heavy atom. The number of allylic oxidation sites excluding steroid dienone is 1. The SMILES string of the molecule is Cc1nc(-c2ccccc2)nc(-c2ccc(F)cc2)c1/C=C/C=O. The van der Waals surface area contributed by atoms with Gasteiger partial charge in [-0.05, 0) is 43.3 Å². The van der Waals surface area contributed by atoms with Crippen LogP contribution in [0.25, 0.3) is 28.7 Å². The van der Waals surface area contributed by atoms with Crippen LogP contribution in [0, 0.1) is 12.7 Å². The van der Waals surface area contributed by atoms with Gasteiger partial charge in [0.1, 0.15) is 12.1 Å². The molecule has 2 aromatic carbocycles. The lowest BCUT2D eigenvalue weighted by atomic mass is 10.0. The van der Waals surface area contributed by atoms with E-state index in [9.17, 15) is 9.18 Å². The van der Waals surface area contributed by atoms with Crippen molar-refractivity contribution in [1.82, 2.24) is 9.97 Å². The Labute approximate surface area is 139 Å². The molecule has 0 aliphatic rings. The fourth-order valence-electron chi connectivity index (χ4n) is 2.46. The van der Waals surface area contributed by atoms with E-state index in [1.165, 1.54) is 18.2 Å². The van der Waals surface area contributed by atoms with Gasteiger partial charge in [0.05, 0.1) is 5.69 Å². The van der Waals surface area contributed by atoms with E-state index in [2.05, 4.69) is 9.97 Å². The fraction of sp³-hybridized carbons (Fsp3) is 0.0500. The maximum atomic E-state index is 13.2. The van der Waals surface area contributed by atoms with Gasteiger partial charge in [-0.1, -0.05) is 30.3 Å². The number of aromatic nitrogens is 2. The van der Waals surface area contributed by atoms with Gasteiger partial charge in [-0.25, -0.2) is 14.4 Å². The van der Waals surface area contributed by atoms with E-state index in [4.69, 9.17) is 0 Å². The molecule has 0 N–H and O–H groups in total. The molecule has 0 bridgehead atoms. The van der Waals surface area contributed by atoms with E-state index in [1.54, 1.807) is 18.2 Å². The van der Waals surface area contributed by atoms with Crippen LogP contribution in [0.3, 0.4) is 0 Å². The van der Waals surface area contributed by atoms with Crippen LogP contribution >= 0.6 is 0 Å². The molecule has 0 amide bonds. The quantitative estimate of drug-likeness (QED) is 0.526. The largest absolute Gasteiger partial charge is 0.299 e. The van der Waals surface area contributed by atoms with Gasteiger partial charge in [-0.3, -0.25) is 4.79 Å². The Morgan fingerprint density at radius 3 is 2.29 bits per heavy atom. The van der Waals surface area contributed by atoms with Gasteiger partial charge in [0.15, 0.2) is 5.82 Å². The van der Waals surface area contributed by atoms with Crippen molar-refractivity contribution in [3.8, 4) is 22.6 Å². The number of aryl methyl sites for hydroxylation is 1. The average molecular weight is 318 g/mol. The number of carbonyl (C=O) groups is 1. The maximum absolute atomic E-state index is 13.2. The monoisotopic (exact) mass is 318 g/mol. The Balaban J connectivity index is 2.22. The molecule has 1 aromatic heterocycles. The third-order valence-electron chi connectivity index (χ3n) is 3.63. The number of halogens is 1. The first-order chi connectivity index (χ1) is 11.7. The normalized spacial score (nSPS) is 10.9. The minimum atomic E-state index is -0.308. The highest BCUT2D eigenvalue weighted by atomic mass is 19.1. The van der Waals surface area contributed by atoms with Crippen LogP contribution in [0.4, 0.5) is 4.39 Å². The number of nitrogens with zero attached hydrogens (tertiary/aromatic N) is 2. The predicted molar refractivity (Wildman–Crippen MR) is 92.7 cm³/mol. The van der Waals surface area contributed by atoms with E-state index in [-0.39, 0.29) is 5.82 Å². The first kappa shape index (κ1) is 15.7. The van der Waals surface area contributed by atoms with Crippen molar-refractivity contribution in [3.05, 3.63) is 77.7 Å². The minimum Gasteiger partial charge on any atom is -0.299 e. The molecule has 0 spiro atoms. The smallest absolute Gasteiger partial charge is 0.160 e. The van der Waals surface area contributed by atoms with Crippen LogP contribution in [-0.2, 0) is 4.79 Å². The van der Waals surface area contributed by atoms with E-state index < -0.39 is 0 Å². The highest BCUT2D eigenvalue weighted by Crippen LogP contribution is 2.28. The van der Waals surface area contributed by atoms with Gasteiger partial charge >= 0.3 is 0 Å². The molecule has 0 aliphatic carbocycles. The summed E-state index contributed by atoms with van der Waals surface area (Å²) in [5, 5.41) is 0. The number of hydrogen-bond acceptors (Lipinski definition) is 3. The van der Waals surface area contributed by atoms with Gasteiger partial charge < -0.3 is 0 Å². The maximum Gasteiger partial charge on any atom is 0.160 e. The summed E-state index contributed by atoms with van der Waals surface area (Å²) in [6, 6.07) is 15.8. The highest BCUT2D eigenvalue weighted by Gasteiger charge is 2.13. The van der Waals surface area contributed by atoms with Crippen LogP contribution in [0.1, 0.15) is 11.3 Å². The zero-order valence-corrected chi connectivity index (χ0v) is 13.1. The van der Waals surface area contributed by atoms with Gasteiger partial charge in [0, 0.05) is 22.4 Å². The second-order valence-electron chi connectivity index (χ2n) is 5.26. The van der Waals surface area contributed by atoms with Crippen LogP contribution in [0.15, 0.2) is 60.7 Å². The summed E-state index contributed by atoms with van der Waals surface area (Å²) in [6.07, 6.45) is 3.79. The molecule has 118 valence electrons. The van der Waals surface area contributed by atoms with Gasteiger partial charge in [-0.2, -0.15) is 0 Å². The summed E-state index contributed by atoms with van der Waals surface area (Å²) in [5.41, 5.74) is 3.83. The Hall–Kier alpha value is -3.14. The summed E-state index contributed by atoms with van der Waals surface area (Å²) in [6.45, 7) is 1.87. The summed E-state index contributed by atoms with van der Waals surface area (Å²) in [7, 11) is 0. The number of benzene rings is 2. The highest BCUT2D eigenvalue weighted by molar-refractivity contribution is 5.81. The molecule has 24 heavy (non-hydrogen) atoms. The van der Waals surface area contributed by atoms with Gasteiger partial charge in [0.2, 0.25) is 0 Å². The summed E-state index contributed by atoms with van der Waals surface area (Å²) in [5.74, 6) is 0.286. The Kier molecular flexibility index (Phi) is 4.57. The number of aldehydes is 1. The van der Waals surface area contributed by atoms with Crippen molar-refractivity contribution in [3.63, 3.8) is 0 Å². The molecule has 4 heteroatoms. The second-order valence-corrected chi connectivity index (χ2v) is 5.26. The molecular formula is C20H15FN2O. The molecule has 0 saturated carbocycles. The zero-order valence-electron chi connectivity index (χ0n) is 13.1. The van der Waals surface area contributed by atoms with Crippen LogP contribution in [0.5, 0.6) is 0 Å². The lowest BCUT2D eigenvalue weighted by molar-refractivity contribution is -0.104. The lowest BCUT2D eigenvalue weighted by Crippen LogP contribution is -2.00. The molecule has 0 unspecified atom stereocenters. The van der Waals surface area contributed by atoms with Crippen molar-refractivity contribution >= 4 is 12.4 Å². The van der Waals surface area contributed by atoms with E-state index in [0.717, 1.165) is 22.4 Å². The Bertz CT molecular complexity index is 888. The number of hydrogen-bond donors (Lipinski definition) is 0.